The van der Waals surface area contributed by atoms with Gasteiger partial charge < -0.3 is 14.6 Å². The lowest BCUT2D eigenvalue weighted by molar-refractivity contribution is 0.102. The first-order chi connectivity index (χ1) is 12.1. The number of amides is 1. The third kappa shape index (κ3) is 2.78. The standard InChI is InChI=1S/C20H18N2O3/c1-22-17-7-3-2-6-15(17)16(12-19(22)23)20(24)21-14-8-9-18-13(11-14)5-4-10-25-18/h2-3,6-9,11-12H,4-5,10H2,1H3,(H,21,24). The van der Waals surface area contributed by atoms with Gasteiger partial charge in [0.2, 0.25) is 0 Å². The van der Waals surface area contributed by atoms with Gasteiger partial charge >= 0.3 is 0 Å². The number of anilines is 1. The number of hydrogen-bond acceptors (Lipinski definition) is 3. The van der Waals surface area contributed by atoms with E-state index in [1.807, 2.05) is 42.5 Å². The summed E-state index contributed by atoms with van der Waals surface area (Å²) in [7, 11) is 1.70. The van der Waals surface area contributed by atoms with E-state index in [-0.39, 0.29) is 11.5 Å². The van der Waals surface area contributed by atoms with Crippen molar-refractivity contribution in [3.05, 3.63) is 70.0 Å². The molecular formula is C20H18N2O3. The van der Waals surface area contributed by atoms with Crippen LogP contribution in [0.15, 0.2) is 53.3 Å². The second kappa shape index (κ2) is 6.09. The molecule has 0 spiro atoms. The summed E-state index contributed by atoms with van der Waals surface area (Å²) in [6.07, 6.45) is 1.91. The van der Waals surface area contributed by atoms with Crippen LogP contribution in [-0.2, 0) is 13.5 Å². The number of nitrogens with one attached hydrogen (secondary N) is 1. The fraction of sp³-hybridized carbons (Fsp3) is 0.200. The van der Waals surface area contributed by atoms with Crippen LogP contribution in [0.1, 0.15) is 22.3 Å². The van der Waals surface area contributed by atoms with Crippen molar-refractivity contribution in [1.82, 2.24) is 4.57 Å². The van der Waals surface area contributed by atoms with Crippen molar-refractivity contribution in [3.63, 3.8) is 0 Å². The average molecular weight is 334 g/mol. The van der Waals surface area contributed by atoms with Crippen molar-refractivity contribution >= 4 is 22.5 Å². The quantitative estimate of drug-likeness (QED) is 0.783. The number of pyridine rings is 1. The minimum Gasteiger partial charge on any atom is -0.493 e. The Labute approximate surface area is 144 Å². The van der Waals surface area contributed by atoms with Crippen molar-refractivity contribution in [1.29, 1.82) is 0 Å². The lowest BCUT2D eigenvalue weighted by Crippen LogP contribution is -2.21. The predicted octanol–water partition coefficient (Wildman–Crippen LogP) is 3.12. The summed E-state index contributed by atoms with van der Waals surface area (Å²) in [5.74, 6) is 0.592. The molecule has 1 aliphatic heterocycles. The van der Waals surface area contributed by atoms with Gasteiger partial charge in [-0.2, -0.15) is 0 Å². The minimum absolute atomic E-state index is 0.206. The van der Waals surface area contributed by atoms with Gasteiger partial charge in [-0.25, -0.2) is 0 Å². The number of aromatic nitrogens is 1. The molecule has 0 fully saturated rings. The lowest BCUT2D eigenvalue weighted by atomic mass is 10.0. The molecule has 0 unspecified atom stereocenters. The lowest BCUT2D eigenvalue weighted by Gasteiger charge is -2.18. The molecule has 1 aliphatic rings. The van der Waals surface area contributed by atoms with E-state index in [0.29, 0.717) is 11.3 Å². The number of fused-ring (bicyclic) bond motifs is 2. The number of benzene rings is 2. The van der Waals surface area contributed by atoms with E-state index in [9.17, 15) is 9.59 Å². The number of carbonyl (C=O) groups is 1. The highest BCUT2D eigenvalue weighted by Crippen LogP contribution is 2.28. The Morgan fingerprint density at radius 2 is 2.00 bits per heavy atom. The highest BCUT2D eigenvalue weighted by Gasteiger charge is 2.15. The first-order valence-corrected chi connectivity index (χ1v) is 8.29. The molecule has 5 heteroatoms. The van der Waals surface area contributed by atoms with Crippen LogP contribution < -0.4 is 15.6 Å². The fourth-order valence-electron chi connectivity index (χ4n) is 3.24. The maximum Gasteiger partial charge on any atom is 0.256 e. The fourth-order valence-corrected chi connectivity index (χ4v) is 3.24. The maximum absolute atomic E-state index is 12.8. The average Bonchev–Trinajstić information content (AvgIpc) is 2.64. The van der Waals surface area contributed by atoms with E-state index in [1.165, 1.54) is 6.07 Å². The van der Waals surface area contributed by atoms with Gasteiger partial charge in [0.15, 0.2) is 0 Å². The molecule has 0 aliphatic carbocycles. The number of nitrogens with zero attached hydrogens (tertiary/aromatic N) is 1. The van der Waals surface area contributed by atoms with Gasteiger partial charge in [0.25, 0.3) is 11.5 Å². The van der Waals surface area contributed by atoms with Crippen LogP contribution >= 0.6 is 0 Å². The van der Waals surface area contributed by atoms with Gasteiger partial charge in [0.05, 0.1) is 17.7 Å². The summed E-state index contributed by atoms with van der Waals surface area (Å²) in [6.45, 7) is 0.734. The van der Waals surface area contributed by atoms with Crippen LogP contribution in [0.5, 0.6) is 5.75 Å². The minimum atomic E-state index is -0.287. The van der Waals surface area contributed by atoms with Gasteiger partial charge in [0, 0.05) is 24.2 Å². The highest BCUT2D eigenvalue weighted by molar-refractivity contribution is 6.12. The van der Waals surface area contributed by atoms with E-state index >= 15 is 0 Å². The Hall–Kier alpha value is -3.08. The van der Waals surface area contributed by atoms with Crippen molar-refractivity contribution in [2.45, 2.75) is 12.8 Å². The molecular weight excluding hydrogens is 316 g/mol. The van der Waals surface area contributed by atoms with Crippen molar-refractivity contribution in [2.24, 2.45) is 7.05 Å². The topological polar surface area (TPSA) is 60.3 Å². The van der Waals surface area contributed by atoms with Crippen molar-refractivity contribution in [3.8, 4) is 5.75 Å². The monoisotopic (exact) mass is 334 g/mol. The predicted molar refractivity (Wildman–Crippen MR) is 97.4 cm³/mol. The number of aryl methyl sites for hydroxylation is 2. The summed E-state index contributed by atoms with van der Waals surface area (Å²) in [6, 6.07) is 14.4. The smallest absolute Gasteiger partial charge is 0.256 e. The summed E-state index contributed by atoms with van der Waals surface area (Å²) in [5.41, 5.74) is 2.71. The summed E-state index contributed by atoms with van der Waals surface area (Å²) < 4.78 is 7.14. The maximum atomic E-state index is 12.8. The second-order valence-corrected chi connectivity index (χ2v) is 6.20. The molecule has 1 N–H and O–H groups in total. The van der Waals surface area contributed by atoms with Crippen LogP contribution in [0.2, 0.25) is 0 Å². The number of para-hydroxylation sites is 1. The van der Waals surface area contributed by atoms with Gasteiger partial charge in [-0.1, -0.05) is 18.2 Å². The molecule has 0 radical (unpaired) electrons. The first-order valence-electron chi connectivity index (χ1n) is 8.29. The van der Waals surface area contributed by atoms with Gasteiger partial charge in [-0.3, -0.25) is 9.59 Å². The second-order valence-electron chi connectivity index (χ2n) is 6.20. The van der Waals surface area contributed by atoms with Gasteiger partial charge in [-0.15, -0.1) is 0 Å². The Balaban J connectivity index is 1.71. The molecule has 0 bridgehead atoms. The Kier molecular flexibility index (Phi) is 3.76. The molecule has 4 rings (SSSR count). The molecule has 0 atom stereocenters. The molecule has 25 heavy (non-hydrogen) atoms. The molecule has 1 aromatic heterocycles. The van der Waals surface area contributed by atoms with E-state index in [4.69, 9.17) is 4.74 Å². The summed E-state index contributed by atoms with van der Waals surface area (Å²) in [5, 5.41) is 3.66. The van der Waals surface area contributed by atoms with E-state index in [2.05, 4.69) is 5.32 Å². The zero-order valence-electron chi connectivity index (χ0n) is 13.9. The molecule has 2 aromatic carbocycles. The van der Waals surface area contributed by atoms with Crippen LogP contribution in [-0.4, -0.2) is 17.1 Å². The van der Waals surface area contributed by atoms with Crippen LogP contribution in [0.25, 0.3) is 10.9 Å². The largest absolute Gasteiger partial charge is 0.493 e. The Bertz CT molecular complexity index is 1040. The SMILES string of the molecule is Cn1c(=O)cc(C(=O)Nc2ccc3c(c2)CCCO3)c2ccccc21. The van der Waals surface area contributed by atoms with Gasteiger partial charge in [0.1, 0.15) is 5.75 Å². The summed E-state index contributed by atoms with van der Waals surface area (Å²) in [4.78, 5) is 24.9. The third-order valence-electron chi connectivity index (χ3n) is 4.56. The van der Waals surface area contributed by atoms with Crippen molar-refractivity contribution in [2.75, 3.05) is 11.9 Å². The molecule has 1 amide bonds. The Morgan fingerprint density at radius 3 is 2.88 bits per heavy atom. The van der Waals surface area contributed by atoms with Crippen LogP contribution in [0, 0.1) is 0 Å². The van der Waals surface area contributed by atoms with Crippen LogP contribution in [0.3, 0.4) is 0 Å². The first kappa shape index (κ1) is 15.4. The molecule has 5 nitrogen and oxygen atoms in total. The molecule has 2 heterocycles. The number of ether oxygens (including phenoxy) is 1. The zero-order valence-corrected chi connectivity index (χ0v) is 13.9. The number of rotatable bonds is 2. The van der Waals surface area contributed by atoms with E-state index in [1.54, 1.807) is 11.6 Å². The Morgan fingerprint density at radius 1 is 1.16 bits per heavy atom. The normalized spacial score (nSPS) is 13.2. The third-order valence-corrected chi connectivity index (χ3v) is 4.56. The highest BCUT2D eigenvalue weighted by atomic mass is 16.5. The zero-order chi connectivity index (χ0) is 17.4. The number of carbonyl (C=O) groups excluding carboxylic acids is 1. The van der Waals surface area contributed by atoms with Crippen LogP contribution in [0.4, 0.5) is 5.69 Å². The van der Waals surface area contributed by atoms with Gasteiger partial charge in [-0.05, 0) is 42.7 Å². The van der Waals surface area contributed by atoms with E-state index in [0.717, 1.165) is 41.7 Å². The molecule has 0 saturated heterocycles. The number of hydrogen-bond donors (Lipinski definition) is 1. The molecule has 3 aromatic rings. The summed E-state index contributed by atoms with van der Waals surface area (Å²) >= 11 is 0. The molecule has 0 saturated carbocycles. The van der Waals surface area contributed by atoms with Crippen molar-refractivity contribution < 1.29 is 9.53 Å². The molecule has 126 valence electrons. The van der Waals surface area contributed by atoms with E-state index < -0.39 is 0 Å².